The summed E-state index contributed by atoms with van der Waals surface area (Å²) in [5, 5.41) is 0. The highest BCUT2D eigenvalue weighted by atomic mass is 32.1. The van der Waals surface area contributed by atoms with Gasteiger partial charge in [-0.05, 0) is 49.2 Å². The van der Waals surface area contributed by atoms with Crippen LogP contribution in [0.5, 0.6) is 0 Å². The molecule has 0 saturated heterocycles. The highest BCUT2D eigenvalue weighted by Crippen LogP contribution is 2.19. The largest absolute Gasteiger partial charge is 0.343 e. The van der Waals surface area contributed by atoms with Gasteiger partial charge in [-0.2, -0.15) is 0 Å². The van der Waals surface area contributed by atoms with Gasteiger partial charge >= 0.3 is 0 Å². The minimum absolute atomic E-state index is 0.201. The molecule has 16 heavy (non-hydrogen) atoms. The van der Waals surface area contributed by atoms with E-state index in [1.807, 2.05) is 6.92 Å². The van der Waals surface area contributed by atoms with Crippen molar-refractivity contribution in [1.82, 2.24) is 9.97 Å². The van der Waals surface area contributed by atoms with Crippen molar-refractivity contribution in [3.05, 3.63) is 46.1 Å². The second kappa shape index (κ2) is 4.14. The van der Waals surface area contributed by atoms with Crippen LogP contribution in [0.3, 0.4) is 0 Å². The first kappa shape index (κ1) is 11.0. The summed E-state index contributed by atoms with van der Waals surface area (Å²) in [7, 11) is 0. The van der Waals surface area contributed by atoms with Crippen molar-refractivity contribution in [2.24, 2.45) is 0 Å². The maximum absolute atomic E-state index is 13.1. The fourth-order valence-corrected chi connectivity index (χ4v) is 1.80. The number of nitrogens with one attached hydrogen (secondary N) is 1. The number of aromatic nitrogens is 2. The lowest BCUT2D eigenvalue weighted by molar-refractivity contribution is 0.619. The van der Waals surface area contributed by atoms with Crippen LogP contribution in [0.1, 0.15) is 11.4 Å². The Bertz CT molecular complexity index is 590. The molecule has 0 radical (unpaired) electrons. The normalized spacial score (nSPS) is 10.4. The van der Waals surface area contributed by atoms with E-state index >= 15 is 0 Å². The van der Waals surface area contributed by atoms with Gasteiger partial charge in [0.25, 0.3) is 0 Å². The summed E-state index contributed by atoms with van der Waals surface area (Å²) >= 11 is 5.04. The predicted molar refractivity (Wildman–Crippen MR) is 64.3 cm³/mol. The zero-order valence-electron chi connectivity index (χ0n) is 9.04. The van der Waals surface area contributed by atoms with Crippen molar-refractivity contribution in [1.29, 1.82) is 0 Å². The Kier molecular flexibility index (Phi) is 2.83. The van der Waals surface area contributed by atoms with Gasteiger partial charge in [-0.25, -0.2) is 9.37 Å². The van der Waals surface area contributed by atoms with E-state index in [0.29, 0.717) is 10.2 Å². The Labute approximate surface area is 98.2 Å². The van der Waals surface area contributed by atoms with Crippen LogP contribution in [0.25, 0.3) is 11.3 Å². The molecule has 1 heterocycles. The summed E-state index contributed by atoms with van der Waals surface area (Å²) in [5.74, 6) is 0.553. The van der Waals surface area contributed by atoms with E-state index < -0.39 is 0 Å². The standard InChI is InChI=1S/C12H11FN2S/c1-7-5-9(3-4-10(7)13)11-6-12(16)15-8(2)14-11/h3-6H,1-2H3,(H,14,15,16). The molecule has 2 nitrogen and oxygen atoms in total. The fourth-order valence-electron chi connectivity index (χ4n) is 1.55. The summed E-state index contributed by atoms with van der Waals surface area (Å²) in [4.78, 5) is 7.20. The van der Waals surface area contributed by atoms with Gasteiger partial charge in [0.15, 0.2) is 0 Å². The number of aromatic amines is 1. The van der Waals surface area contributed by atoms with Crippen LogP contribution < -0.4 is 0 Å². The molecule has 0 unspecified atom stereocenters. The van der Waals surface area contributed by atoms with Gasteiger partial charge in [-0.3, -0.25) is 0 Å². The van der Waals surface area contributed by atoms with Crippen molar-refractivity contribution in [2.45, 2.75) is 13.8 Å². The van der Waals surface area contributed by atoms with E-state index in [0.717, 1.165) is 17.1 Å². The Morgan fingerprint density at radius 2 is 2.00 bits per heavy atom. The second-order valence-corrected chi connectivity index (χ2v) is 4.10. The van der Waals surface area contributed by atoms with Crippen molar-refractivity contribution < 1.29 is 4.39 Å². The molecule has 4 heteroatoms. The van der Waals surface area contributed by atoms with E-state index in [9.17, 15) is 4.39 Å². The Balaban J connectivity index is 2.58. The lowest BCUT2D eigenvalue weighted by Gasteiger charge is -2.05. The highest BCUT2D eigenvalue weighted by molar-refractivity contribution is 7.71. The Hall–Kier alpha value is -1.55. The Morgan fingerprint density at radius 3 is 2.62 bits per heavy atom. The zero-order chi connectivity index (χ0) is 11.7. The third kappa shape index (κ3) is 2.17. The van der Waals surface area contributed by atoms with Crippen LogP contribution in [0, 0.1) is 24.3 Å². The molecule has 0 bridgehead atoms. The average Bonchev–Trinajstić information content (AvgIpc) is 2.20. The lowest BCUT2D eigenvalue weighted by Crippen LogP contribution is -1.92. The summed E-state index contributed by atoms with van der Waals surface area (Å²) in [6, 6.07) is 6.74. The molecule has 0 spiro atoms. The van der Waals surface area contributed by atoms with E-state index in [4.69, 9.17) is 12.2 Å². The minimum atomic E-state index is -0.201. The number of halogens is 1. The molecule has 82 valence electrons. The summed E-state index contributed by atoms with van der Waals surface area (Å²) in [6.45, 7) is 3.58. The van der Waals surface area contributed by atoms with Gasteiger partial charge in [-0.1, -0.05) is 12.2 Å². The van der Waals surface area contributed by atoms with Crippen LogP contribution in [0.2, 0.25) is 0 Å². The minimum Gasteiger partial charge on any atom is -0.343 e. The van der Waals surface area contributed by atoms with E-state index in [-0.39, 0.29) is 5.82 Å². The monoisotopic (exact) mass is 234 g/mol. The maximum atomic E-state index is 13.1. The number of rotatable bonds is 1. The molecule has 2 rings (SSSR count). The highest BCUT2D eigenvalue weighted by Gasteiger charge is 2.02. The molecule has 0 aliphatic heterocycles. The third-order valence-electron chi connectivity index (χ3n) is 2.33. The SMILES string of the molecule is Cc1nc(=S)cc(-c2ccc(F)c(C)c2)[nH]1. The molecule has 0 aliphatic rings. The first-order chi connectivity index (χ1) is 7.56. The Morgan fingerprint density at radius 1 is 1.25 bits per heavy atom. The van der Waals surface area contributed by atoms with Crippen LogP contribution in [0.15, 0.2) is 24.3 Å². The third-order valence-corrected chi connectivity index (χ3v) is 2.54. The molecule has 0 aliphatic carbocycles. The average molecular weight is 234 g/mol. The number of nitrogens with zero attached hydrogens (tertiary/aromatic N) is 1. The van der Waals surface area contributed by atoms with Crippen molar-refractivity contribution >= 4 is 12.2 Å². The van der Waals surface area contributed by atoms with Gasteiger partial charge in [0.2, 0.25) is 0 Å². The van der Waals surface area contributed by atoms with Gasteiger partial charge in [-0.15, -0.1) is 0 Å². The number of H-pyrrole nitrogens is 1. The van der Waals surface area contributed by atoms with Gasteiger partial charge in [0.1, 0.15) is 16.3 Å². The molecule has 0 fully saturated rings. The lowest BCUT2D eigenvalue weighted by atomic mass is 10.1. The number of hydrogen-bond acceptors (Lipinski definition) is 2. The zero-order valence-corrected chi connectivity index (χ0v) is 9.86. The van der Waals surface area contributed by atoms with Gasteiger partial charge in [0, 0.05) is 5.69 Å². The summed E-state index contributed by atoms with van der Waals surface area (Å²) in [6.07, 6.45) is 0. The molecule has 1 aromatic heterocycles. The van der Waals surface area contributed by atoms with Crippen LogP contribution in [-0.4, -0.2) is 9.97 Å². The molecular weight excluding hydrogens is 223 g/mol. The van der Waals surface area contributed by atoms with Crippen molar-refractivity contribution in [3.8, 4) is 11.3 Å². The van der Waals surface area contributed by atoms with Crippen molar-refractivity contribution in [3.63, 3.8) is 0 Å². The maximum Gasteiger partial charge on any atom is 0.130 e. The van der Waals surface area contributed by atoms with Crippen LogP contribution in [-0.2, 0) is 0 Å². The molecule has 1 N–H and O–H groups in total. The summed E-state index contributed by atoms with van der Waals surface area (Å²) < 4.78 is 13.7. The smallest absolute Gasteiger partial charge is 0.130 e. The van der Waals surface area contributed by atoms with Crippen LogP contribution in [0.4, 0.5) is 4.39 Å². The summed E-state index contributed by atoms with van der Waals surface area (Å²) in [5.41, 5.74) is 2.39. The number of aryl methyl sites for hydroxylation is 2. The first-order valence-electron chi connectivity index (χ1n) is 4.91. The van der Waals surface area contributed by atoms with Gasteiger partial charge < -0.3 is 4.98 Å². The number of benzene rings is 1. The quantitative estimate of drug-likeness (QED) is 0.764. The van der Waals surface area contributed by atoms with E-state index in [1.165, 1.54) is 6.07 Å². The fraction of sp³-hybridized carbons (Fsp3) is 0.167. The van der Waals surface area contributed by atoms with Crippen molar-refractivity contribution in [2.75, 3.05) is 0 Å². The van der Waals surface area contributed by atoms with Crippen LogP contribution >= 0.6 is 12.2 Å². The predicted octanol–water partition coefficient (Wildman–Crippen LogP) is 3.56. The van der Waals surface area contributed by atoms with Gasteiger partial charge in [0.05, 0.1) is 0 Å². The number of hydrogen-bond donors (Lipinski definition) is 1. The molecule has 0 amide bonds. The second-order valence-electron chi connectivity index (χ2n) is 3.68. The molecule has 0 saturated carbocycles. The molecular formula is C12H11FN2S. The molecule has 2 aromatic rings. The van der Waals surface area contributed by atoms with E-state index in [2.05, 4.69) is 9.97 Å². The van der Waals surface area contributed by atoms with E-state index in [1.54, 1.807) is 25.1 Å². The topological polar surface area (TPSA) is 28.7 Å². The molecule has 1 aromatic carbocycles. The first-order valence-corrected chi connectivity index (χ1v) is 5.31. The molecule has 0 atom stereocenters.